The van der Waals surface area contributed by atoms with E-state index in [2.05, 4.69) is 10.6 Å². The van der Waals surface area contributed by atoms with Gasteiger partial charge in [-0.25, -0.2) is 0 Å². The zero-order valence-electron chi connectivity index (χ0n) is 11.8. The Balaban J connectivity index is 2.09. The smallest absolute Gasteiger partial charge is 0.260 e. The summed E-state index contributed by atoms with van der Waals surface area (Å²) in [5.41, 5.74) is 2.17. The number of para-hydroxylation sites is 1. The van der Waals surface area contributed by atoms with Crippen LogP contribution in [0, 0.1) is 6.92 Å². The van der Waals surface area contributed by atoms with Crippen molar-refractivity contribution in [2.45, 2.75) is 45.4 Å². The first-order valence-corrected chi connectivity index (χ1v) is 6.82. The second kappa shape index (κ2) is 6.06. The largest absolute Gasteiger partial charge is 0.480 e. The van der Waals surface area contributed by atoms with Gasteiger partial charge in [-0.15, -0.1) is 0 Å². The van der Waals surface area contributed by atoms with Crippen LogP contribution in [0.5, 0.6) is 5.75 Å². The summed E-state index contributed by atoms with van der Waals surface area (Å²) in [6.07, 6.45) is 2.04. The molecule has 2 rings (SSSR count). The van der Waals surface area contributed by atoms with Gasteiger partial charge in [-0.3, -0.25) is 4.79 Å². The zero-order valence-corrected chi connectivity index (χ0v) is 11.8. The first-order valence-electron chi connectivity index (χ1n) is 6.82. The molecule has 1 unspecified atom stereocenters. The van der Waals surface area contributed by atoms with Gasteiger partial charge in [0.05, 0.1) is 0 Å². The lowest BCUT2D eigenvalue weighted by Gasteiger charge is -2.18. The zero-order chi connectivity index (χ0) is 13.8. The first-order chi connectivity index (χ1) is 9.11. The van der Waals surface area contributed by atoms with E-state index < -0.39 is 6.10 Å². The SMILES string of the molecule is CNC(=O)C(C)Oc1c(C)cccc1CNC1CC1. The molecular weight excluding hydrogens is 240 g/mol. The average molecular weight is 262 g/mol. The molecule has 0 heterocycles. The van der Waals surface area contributed by atoms with Crippen LogP contribution in [0.4, 0.5) is 0 Å². The van der Waals surface area contributed by atoms with Crippen LogP contribution in [0.25, 0.3) is 0 Å². The minimum atomic E-state index is -0.481. The van der Waals surface area contributed by atoms with Crippen LogP contribution in [0.15, 0.2) is 18.2 Å². The molecule has 104 valence electrons. The molecule has 1 aromatic carbocycles. The molecule has 2 N–H and O–H groups in total. The van der Waals surface area contributed by atoms with Crippen LogP contribution in [0.1, 0.15) is 30.9 Å². The average Bonchev–Trinajstić information content (AvgIpc) is 3.22. The first kappa shape index (κ1) is 13.9. The van der Waals surface area contributed by atoms with Gasteiger partial charge in [-0.2, -0.15) is 0 Å². The lowest BCUT2D eigenvalue weighted by atomic mass is 10.1. The second-order valence-electron chi connectivity index (χ2n) is 5.09. The molecule has 0 bridgehead atoms. The Morgan fingerprint density at radius 2 is 2.21 bits per heavy atom. The number of nitrogens with one attached hydrogen (secondary N) is 2. The highest BCUT2D eigenvalue weighted by molar-refractivity contribution is 5.80. The van der Waals surface area contributed by atoms with Crippen LogP contribution in [-0.2, 0) is 11.3 Å². The number of hydrogen-bond donors (Lipinski definition) is 2. The number of hydrogen-bond acceptors (Lipinski definition) is 3. The number of rotatable bonds is 6. The molecule has 0 spiro atoms. The van der Waals surface area contributed by atoms with Crippen LogP contribution < -0.4 is 15.4 Å². The summed E-state index contributed by atoms with van der Waals surface area (Å²) in [5, 5.41) is 6.08. The Bertz CT molecular complexity index is 455. The van der Waals surface area contributed by atoms with Crippen LogP contribution in [0.2, 0.25) is 0 Å². The molecule has 1 aliphatic rings. The third-order valence-electron chi connectivity index (χ3n) is 3.36. The molecule has 1 aromatic rings. The molecule has 0 aromatic heterocycles. The van der Waals surface area contributed by atoms with E-state index in [1.807, 2.05) is 25.1 Å². The summed E-state index contributed by atoms with van der Waals surface area (Å²) in [5.74, 6) is 0.719. The maximum absolute atomic E-state index is 11.6. The number of benzene rings is 1. The van der Waals surface area contributed by atoms with Gasteiger partial charge < -0.3 is 15.4 Å². The minimum Gasteiger partial charge on any atom is -0.480 e. The molecule has 19 heavy (non-hydrogen) atoms. The van der Waals surface area contributed by atoms with Crippen LogP contribution in [0.3, 0.4) is 0 Å². The van der Waals surface area contributed by atoms with Crippen LogP contribution >= 0.6 is 0 Å². The standard InChI is InChI=1S/C15H22N2O2/c1-10-5-4-6-12(9-17-13-7-8-13)14(10)19-11(2)15(18)16-3/h4-6,11,13,17H,7-9H2,1-3H3,(H,16,18). The Labute approximate surface area is 114 Å². The van der Waals surface area contributed by atoms with E-state index in [0.717, 1.165) is 23.4 Å². The topological polar surface area (TPSA) is 50.4 Å². The van der Waals surface area contributed by atoms with Gasteiger partial charge in [0, 0.05) is 25.2 Å². The summed E-state index contributed by atoms with van der Waals surface area (Å²) < 4.78 is 5.83. The number of carbonyl (C=O) groups excluding carboxylic acids is 1. The maximum Gasteiger partial charge on any atom is 0.260 e. The highest BCUT2D eigenvalue weighted by atomic mass is 16.5. The van der Waals surface area contributed by atoms with Gasteiger partial charge in [0.15, 0.2) is 6.10 Å². The number of likely N-dealkylation sites (N-methyl/N-ethyl adjacent to an activating group) is 1. The summed E-state index contributed by atoms with van der Waals surface area (Å²) >= 11 is 0. The summed E-state index contributed by atoms with van der Waals surface area (Å²) in [6.45, 7) is 4.57. The van der Waals surface area contributed by atoms with Crippen molar-refractivity contribution in [3.63, 3.8) is 0 Å². The van der Waals surface area contributed by atoms with Crippen molar-refractivity contribution in [1.82, 2.24) is 10.6 Å². The molecule has 1 aliphatic carbocycles. The molecule has 0 radical (unpaired) electrons. The molecule has 1 saturated carbocycles. The second-order valence-corrected chi connectivity index (χ2v) is 5.09. The third kappa shape index (κ3) is 3.70. The number of amides is 1. The molecule has 0 saturated heterocycles. The third-order valence-corrected chi connectivity index (χ3v) is 3.36. The van der Waals surface area contributed by atoms with Gasteiger partial charge in [0.1, 0.15) is 5.75 Å². The van der Waals surface area contributed by atoms with Gasteiger partial charge in [0.2, 0.25) is 0 Å². The van der Waals surface area contributed by atoms with E-state index >= 15 is 0 Å². The highest BCUT2D eigenvalue weighted by Crippen LogP contribution is 2.26. The summed E-state index contributed by atoms with van der Waals surface area (Å²) in [7, 11) is 1.62. The Kier molecular flexibility index (Phi) is 4.43. The van der Waals surface area contributed by atoms with E-state index in [4.69, 9.17) is 4.74 Å². The number of aryl methyl sites for hydroxylation is 1. The van der Waals surface area contributed by atoms with Gasteiger partial charge in [-0.1, -0.05) is 18.2 Å². The van der Waals surface area contributed by atoms with E-state index in [0.29, 0.717) is 6.04 Å². The minimum absolute atomic E-state index is 0.107. The van der Waals surface area contributed by atoms with Crippen molar-refractivity contribution >= 4 is 5.91 Å². The number of ether oxygens (including phenoxy) is 1. The van der Waals surface area contributed by atoms with Crippen LogP contribution in [-0.4, -0.2) is 25.1 Å². The van der Waals surface area contributed by atoms with Gasteiger partial charge in [0.25, 0.3) is 5.91 Å². The highest BCUT2D eigenvalue weighted by Gasteiger charge is 2.21. The molecule has 4 nitrogen and oxygen atoms in total. The fraction of sp³-hybridized carbons (Fsp3) is 0.533. The van der Waals surface area contributed by atoms with E-state index in [1.54, 1.807) is 14.0 Å². The normalized spacial score (nSPS) is 15.9. The lowest BCUT2D eigenvalue weighted by molar-refractivity contribution is -0.126. The predicted octanol–water partition coefficient (Wildman–Crippen LogP) is 1.76. The predicted molar refractivity (Wildman–Crippen MR) is 75.2 cm³/mol. The van der Waals surface area contributed by atoms with Crippen molar-refractivity contribution in [2.24, 2.45) is 0 Å². The molecular formula is C15H22N2O2. The molecule has 0 aliphatic heterocycles. The summed E-state index contributed by atoms with van der Waals surface area (Å²) in [4.78, 5) is 11.6. The number of carbonyl (C=O) groups is 1. The quantitative estimate of drug-likeness (QED) is 0.821. The van der Waals surface area contributed by atoms with Crippen molar-refractivity contribution in [1.29, 1.82) is 0 Å². The Morgan fingerprint density at radius 3 is 2.84 bits per heavy atom. The monoisotopic (exact) mass is 262 g/mol. The van der Waals surface area contributed by atoms with Crippen molar-refractivity contribution in [3.8, 4) is 5.75 Å². The van der Waals surface area contributed by atoms with E-state index in [9.17, 15) is 4.79 Å². The Morgan fingerprint density at radius 1 is 1.47 bits per heavy atom. The molecule has 1 atom stereocenters. The van der Waals surface area contributed by atoms with Crippen molar-refractivity contribution in [2.75, 3.05) is 7.05 Å². The summed E-state index contributed by atoms with van der Waals surface area (Å²) in [6, 6.07) is 6.74. The van der Waals surface area contributed by atoms with Gasteiger partial charge >= 0.3 is 0 Å². The Hall–Kier alpha value is -1.55. The maximum atomic E-state index is 11.6. The molecule has 1 fully saturated rings. The fourth-order valence-electron chi connectivity index (χ4n) is 2.00. The van der Waals surface area contributed by atoms with Gasteiger partial charge in [-0.05, 0) is 32.3 Å². The van der Waals surface area contributed by atoms with Crippen molar-refractivity contribution in [3.05, 3.63) is 29.3 Å². The fourth-order valence-corrected chi connectivity index (χ4v) is 2.00. The molecule has 4 heteroatoms. The molecule has 1 amide bonds. The van der Waals surface area contributed by atoms with Crippen molar-refractivity contribution < 1.29 is 9.53 Å². The lowest BCUT2D eigenvalue weighted by Crippen LogP contribution is -2.34. The van der Waals surface area contributed by atoms with E-state index in [-0.39, 0.29) is 5.91 Å². The van der Waals surface area contributed by atoms with E-state index in [1.165, 1.54) is 12.8 Å².